The molecule has 2 aromatic carbocycles. The molecule has 3 rings (SSSR count). The van der Waals surface area contributed by atoms with E-state index in [9.17, 15) is 18.0 Å². The SMILES string of the molecule is COCCN(C)C(=O)CCc1c(-c2ccc(F)cc2)[nH]c2c(F)cc(F)cc12. The number of carbonyl (C=O) groups excluding carboxylic acids is 1. The van der Waals surface area contributed by atoms with Gasteiger partial charge in [0, 0.05) is 44.3 Å². The zero-order chi connectivity index (χ0) is 20.3. The fraction of sp³-hybridized carbons (Fsp3) is 0.286. The van der Waals surface area contributed by atoms with Crippen molar-refractivity contribution in [2.24, 2.45) is 0 Å². The Kier molecular flexibility index (Phi) is 6.04. The maximum absolute atomic E-state index is 14.3. The smallest absolute Gasteiger partial charge is 0.222 e. The number of fused-ring (bicyclic) bond motifs is 1. The van der Waals surface area contributed by atoms with E-state index in [1.807, 2.05) is 0 Å². The molecule has 1 aromatic heterocycles. The minimum absolute atomic E-state index is 0.103. The summed E-state index contributed by atoms with van der Waals surface area (Å²) in [6.07, 6.45) is 0.450. The molecule has 0 unspecified atom stereocenters. The van der Waals surface area contributed by atoms with Gasteiger partial charge in [-0.3, -0.25) is 4.79 Å². The van der Waals surface area contributed by atoms with E-state index in [2.05, 4.69) is 4.98 Å². The van der Waals surface area contributed by atoms with Crippen molar-refractivity contribution < 1.29 is 22.7 Å². The van der Waals surface area contributed by atoms with Crippen molar-refractivity contribution in [3.63, 3.8) is 0 Å². The number of methoxy groups -OCH3 is 1. The Labute approximate surface area is 160 Å². The van der Waals surface area contributed by atoms with Crippen molar-refractivity contribution in [1.82, 2.24) is 9.88 Å². The monoisotopic (exact) mass is 390 g/mol. The second-order valence-corrected chi connectivity index (χ2v) is 6.60. The number of aromatic nitrogens is 1. The third-order valence-electron chi connectivity index (χ3n) is 4.71. The zero-order valence-electron chi connectivity index (χ0n) is 15.7. The summed E-state index contributed by atoms with van der Waals surface area (Å²) < 4.78 is 46.3. The standard InChI is InChI=1S/C21H21F3N2O2/c1-26(9-10-28-2)19(27)8-7-16-17-11-15(23)12-18(24)21(17)25-20(16)13-3-5-14(22)6-4-13/h3-6,11-12,25H,7-10H2,1-2H3. The maximum atomic E-state index is 14.3. The molecule has 0 aliphatic rings. The van der Waals surface area contributed by atoms with Crippen LogP contribution in [0.4, 0.5) is 13.2 Å². The molecule has 0 fully saturated rings. The molecular formula is C21H21F3N2O2. The Balaban J connectivity index is 1.97. The molecule has 28 heavy (non-hydrogen) atoms. The summed E-state index contributed by atoms with van der Waals surface area (Å²) in [5.74, 6) is -1.91. The fourth-order valence-electron chi connectivity index (χ4n) is 3.17. The van der Waals surface area contributed by atoms with Gasteiger partial charge in [-0.25, -0.2) is 13.2 Å². The Morgan fingerprint density at radius 1 is 1.11 bits per heavy atom. The highest BCUT2D eigenvalue weighted by atomic mass is 19.1. The zero-order valence-corrected chi connectivity index (χ0v) is 15.7. The third-order valence-corrected chi connectivity index (χ3v) is 4.71. The average Bonchev–Trinajstić information content (AvgIpc) is 3.03. The van der Waals surface area contributed by atoms with E-state index in [0.29, 0.717) is 35.4 Å². The van der Waals surface area contributed by atoms with Gasteiger partial charge in [-0.05, 0) is 47.9 Å². The summed E-state index contributed by atoms with van der Waals surface area (Å²) in [5.41, 5.74) is 1.96. The number of hydrogen-bond acceptors (Lipinski definition) is 2. The van der Waals surface area contributed by atoms with Gasteiger partial charge in [-0.2, -0.15) is 0 Å². The molecule has 0 spiro atoms. The molecule has 4 nitrogen and oxygen atoms in total. The van der Waals surface area contributed by atoms with Crippen molar-refractivity contribution >= 4 is 16.8 Å². The summed E-state index contributed by atoms with van der Waals surface area (Å²) in [6.45, 7) is 0.879. The van der Waals surface area contributed by atoms with E-state index in [0.717, 1.165) is 6.07 Å². The average molecular weight is 390 g/mol. The van der Waals surface area contributed by atoms with E-state index in [4.69, 9.17) is 4.74 Å². The summed E-state index contributed by atoms with van der Waals surface area (Å²) in [4.78, 5) is 16.9. The number of halogens is 3. The van der Waals surface area contributed by atoms with Gasteiger partial charge in [-0.1, -0.05) is 0 Å². The number of aryl methyl sites for hydroxylation is 1. The second kappa shape index (κ2) is 8.48. The molecule has 0 saturated heterocycles. The van der Waals surface area contributed by atoms with Crippen LogP contribution in [0.25, 0.3) is 22.2 Å². The van der Waals surface area contributed by atoms with Crippen molar-refractivity contribution in [3.8, 4) is 11.3 Å². The van der Waals surface area contributed by atoms with Gasteiger partial charge < -0.3 is 14.6 Å². The molecule has 148 valence electrons. The van der Waals surface area contributed by atoms with Crippen LogP contribution in [0.2, 0.25) is 0 Å². The number of rotatable bonds is 7. The van der Waals surface area contributed by atoms with Gasteiger partial charge in [0.15, 0.2) is 0 Å². The van der Waals surface area contributed by atoms with Crippen LogP contribution in [0, 0.1) is 17.5 Å². The number of nitrogens with zero attached hydrogens (tertiary/aromatic N) is 1. The number of likely N-dealkylation sites (N-methyl/N-ethyl adjacent to an activating group) is 1. The maximum Gasteiger partial charge on any atom is 0.222 e. The van der Waals surface area contributed by atoms with Crippen LogP contribution >= 0.6 is 0 Å². The fourth-order valence-corrected chi connectivity index (χ4v) is 3.17. The van der Waals surface area contributed by atoms with Gasteiger partial charge in [0.25, 0.3) is 0 Å². The lowest BCUT2D eigenvalue weighted by Gasteiger charge is -2.16. The summed E-state index contributed by atoms with van der Waals surface area (Å²) in [5, 5.41) is 0.379. The van der Waals surface area contributed by atoms with E-state index in [-0.39, 0.29) is 24.3 Å². The third kappa shape index (κ3) is 4.20. The number of benzene rings is 2. The summed E-state index contributed by atoms with van der Waals surface area (Å²) >= 11 is 0. The minimum atomic E-state index is -0.715. The highest BCUT2D eigenvalue weighted by Crippen LogP contribution is 2.33. The molecule has 0 aliphatic carbocycles. The molecular weight excluding hydrogens is 369 g/mol. The van der Waals surface area contributed by atoms with Crippen molar-refractivity contribution in [2.75, 3.05) is 27.3 Å². The Hall–Kier alpha value is -2.80. The lowest BCUT2D eigenvalue weighted by atomic mass is 10.0. The van der Waals surface area contributed by atoms with Crippen molar-refractivity contribution in [3.05, 3.63) is 59.4 Å². The van der Waals surface area contributed by atoms with Crippen LogP contribution in [0.1, 0.15) is 12.0 Å². The van der Waals surface area contributed by atoms with Gasteiger partial charge in [0.1, 0.15) is 17.5 Å². The molecule has 0 radical (unpaired) electrons. The van der Waals surface area contributed by atoms with Crippen LogP contribution in [0.5, 0.6) is 0 Å². The number of aromatic amines is 1. The topological polar surface area (TPSA) is 45.3 Å². The number of H-pyrrole nitrogens is 1. The van der Waals surface area contributed by atoms with Crippen LogP contribution in [-0.4, -0.2) is 43.1 Å². The molecule has 0 saturated carbocycles. The highest BCUT2D eigenvalue weighted by molar-refractivity contribution is 5.92. The van der Waals surface area contributed by atoms with Gasteiger partial charge in [0.05, 0.1) is 12.1 Å². The Morgan fingerprint density at radius 2 is 1.82 bits per heavy atom. The molecule has 0 bridgehead atoms. The highest BCUT2D eigenvalue weighted by Gasteiger charge is 2.19. The largest absolute Gasteiger partial charge is 0.383 e. The van der Waals surface area contributed by atoms with E-state index < -0.39 is 17.5 Å². The van der Waals surface area contributed by atoms with Crippen LogP contribution in [0.3, 0.4) is 0 Å². The summed E-state index contributed by atoms with van der Waals surface area (Å²) in [7, 11) is 3.24. The molecule has 0 aliphatic heterocycles. The number of ether oxygens (including phenoxy) is 1. The normalized spacial score (nSPS) is 11.2. The molecule has 7 heteroatoms. The quantitative estimate of drug-likeness (QED) is 0.654. The molecule has 3 aromatic rings. The van der Waals surface area contributed by atoms with E-state index in [1.54, 1.807) is 31.2 Å². The predicted octanol–water partition coefficient (Wildman–Crippen LogP) is 4.29. The Morgan fingerprint density at radius 3 is 2.50 bits per heavy atom. The van der Waals surface area contributed by atoms with Crippen molar-refractivity contribution in [2.45, 2.75) is 12.8 Å². The predicted molar refractivity (Wildman–Crippen MR) is 101 cm³/mol. The van der Waals surface area contributed by atoms with Gasteiger partial charge in [-0.15, -0.1) is 0 Å². The molecule has 1 amide bonds. The first-order valence-corrected chi connectivity index (χ1v) is 8.89. The minimum Gasteiger partial charge on any atom is -0.383 e. The Bertz CT molecular complexity index is 983. The first kappa shape index (κ1) is 19.9. The molecule has 1 N–H and O–H groups in total. The first-order chi connectivity index (χ1) is 13.4. The van der Waals surface area contributed by atoms with Crippen LogP contribution in [0.15, 0.2) is 36.4 Å². The second-order valence-electron chi connectivity index (χ2n) is 6.60. The lowest BCUT2D eigenvalue weighted by molar-refractivity contribution is -0.130. The van der Waals surface area contributed by atoms with E-state index >= 15 is 0 Å². The number of nitrogens with one attached hydrogen (secondary N) is 1. The number of carbonyl (C=O) groups is 1. The van der Waals surface area contributed by atoms with Crippen LogP contribution in [-0.2, 0) is 16.0 Å². The molecule has 1 heterocycles. The van der Waals surface area contributed by atoms with Gasteiger partial charge >= 0.3 is 0 Å². The lowest BCUT2D eigenvalue weighted by Crippen LogP contribution is -2.30. The first-order valence-electron chi connectivity index (χ1n) is 8.89. The van der Waals surface area contributed by atoms with E-state index in [1.165, 1.54) is 18.2 Å². The summed E-state index contributed by atoms with van der Waals surface area (Å²) in [6, 6.07) is 7.77. The number of hydrogen-bond donors (Lipinski definition) is 1. The van der Waals surface area contributed by atoms with Gasteiger partial charge in [0.2, 0.25) is 5.91 Å². The number of amides is 1. The van der Waals surface area contributed by atoms with Crippen molar-refractivity contribution in [1.29, 1.82) is 0 Å². The molecule has 0 atom stereocenters. The van der Waals surface area contributed by atoms with Crippen LogP contribution < -0.4 is 0 Å².